The van der Waals surface area contributed by atoms with Gasteiger partial charge in [0.1, 0.15) is 81.2 Å². The third-order valence-corrected chi connectivity index (χ3v) is 20.3. The molecule has 0 spiro atoms. The largest absolute Gasteiger partial charge is 0.451 e. The first-order valence-corrected chi connectivity index (χ1v) is 42.9. The van der Waals surface area contributed by atoms with E-state index >= 15 is 0 Å². The number of aromatic nitrogens is 18. The molecule has 0 bridgehead atoms. The molecule has 0 aromatic carbocycles. The number of pyridine rings is 6. The van der Waals surface area contributed by atoms with Crippen LogP contribution in [0.2, 0.25) is 0 Å². The lowest BCUT2D eigenvalue weighted by Crippen LogP contribution is -2.05. The first-order chi connectivity index (χ1) is 61.8. The van der Waals surface area contributed by atoms with Gasteiger partial charge in [0.15, 0.2) is 69.4 Å². The molecule has 5 atom stereocenters. The monoisotopic (exact) mass is 1780 g/mol. The zero-order chi connectivity index (χ0) is 94.9. The number of aliphatic hydroxyl groups excluding tert-OH is 2. The molecule has 0 amide bonds. The van der Waals surface area contributed by atoms with Gasteiger partial charge in [-0.1, -0.05) is 83.1 Å². The molecule has 2 aliphatic heterocycles. The molecule has 2 saturated heterocycles. The Morgan fingerprint density at radius 3 is 0.885 bits per heavy atom. The van der Waals surface area contributed by atoms with Gasteiger partial charge < -0.3 is 87.2 Å². The molecule has 2 fully saturated rings. The van der Waals surface area contributed by atoms with E-state index in [0.717, 1.165) is 94.4 Å². The summed E-state index contributed by atoms with van der Waals surface area (Å²) in [5, 5.41) is 28.3. The fraction of sp³-hybridized carbons (Fsp3) is 0.415. The van der Waals surface area contributed by atoms with E-state index in [-0.39, 0.29) is 64.9 Å². The zero-order valence-corrected chi connectivity index (χ0v) is 78.0. The summed E-state index contributed by atoms with van der Waals surface area (Å²) >= 11 is 0. The molecule has 0 radical (unpaired) electrons. The Balaban J connectivity index is 0.000000176. The molecule has 14 rings (SSSR count). The molecule has 130 heavy (non-hydrogen) atoms. The van der Waals surface area contributed by atoms with Crippen LogP contribution in [0.4, 0.5) is 34.9 Å². The molecule has 14 N–H and O–H groups in total. The minimum atomic E-state index is -0.667. The average Bonchev–Trinajstić information content (AvgIpc) is 1.10. The van der Waals surface area contributed by atoms with Crippen molar-refractivity contribution >= 4 is 34.9 Å². The van der Waals surface area contributed by atoms with Gasteiger partial charge in [0.25, 0.3) is 0 Å². The third-order valence-electron chi connectivity index (χ3n) is 20.3. The molecule has 36 heteroatoms. The summed E-state index contributed by atoms with van der Waals surface area (Å²) < 4.78 is 51.9. The van der Waals surface area contributed by atoms with Gasteiger partial charge >= 0.3 is 0 Å². The number of anilines is 6. The molecule has 14 heterocycles. The lowest BCUT2D eigenvalue weighted by molar-refractivity contribution is 0.108. The summed E-state index contributed by atoms with van der Waals surface area (Å²) in [4.78, 5) is 75.4. The summed E-state index contributed by atoms with van der Waals surface area (Å²) in [6.45, 7) is 43.0. The van der Waals surface area contributed by atoms with Crippen LogP contribution < -0.4 is 62.8 Å². The summed E-state index contributed by atoms with van der Waals surface area (Å²) in [6, 6.07) is 12.8. The van der Waals surface area contributed by atoms with Crippen molar-refractivity contribution < 1.29 is 52.8 Å². The minimum Gasteiger partial charge on any atom is -0.451 e. The Morgan fingerprint density at radius 2 is 0.615 bits per heavy atom. The zero-order valence-electron chi connectivity index (χ0n) is 78.0. The second-order valence-electron chi connectivity index (χ2n) is 32.8. The van der Waals surface area contributed by atoms with E-state index in [1.54, 1.807) is 130 Å². The molecule has 12 aromatic heterocycles. The average molecular weight is 1780 g/mol. The van der Waals surface area contributed by atoms with Crippen LogP contribution in [-0.2, 0) is 14.2 Å². The molecule has 0 saturated carbocycles. The maximum Gasteiger partial charge on any atom is 0.187 e. The van der Waals surface area contributed by atoms with E-state index in [4.69, 9.17) is 82.3 Å². The summed E-state index contributed by atoms with van der Waals surface area (Å²) in [6.07, 6.45) is 21.7. The second-order valence-corrected chi connectivity index (χ2v) is 32.8. The molecule has 688 valence electrons. The first-order valence-electron chi connectivity index (χ1n) is 42.9. The van der Waals surface area contributed by atoms with Crippen LogP contribution >= 0.6 is 0 Å². The van der Waals surface area contributed by atoms with Gasteiger partial charge in [-0.15, -0.1) is 0 Å². The van der Waals surface area contributed by atoms with Crippen LogP contribution in [0.3, 0.4) is 0 Å². The molecule has 12 aromatic rings. The highest BCUT2D eigenvalue weighted by atomic mass is 16.5. The van der Waals surface area contributed by atoms with Crippen LogP contribution in [0.1, 0.15) is 291 Å². The van der Waals surface area contributed by atoms with Crippen molar-refractivity contribution in [2.45, 2.75) is 231 Å². The Morgan fingerprint density at radius 1 is 0.338 bits per heavy atom. The van der Waals surface area contributed by atoms with Gasteiger partial charge in [-0.25, -0.2) is 64.8 Å². The highest BCUT2D eigenvalue weighted by Gasteiger charge is 2.27. The second kappa shape index (κ2) is 46.8. The number of methoxy groups -OCH3 is 1. The molecule has 2 unspecified atom stereocenters. The van der Waals surface area contributed by atoms with Gasteiger partial charge in [0.2, 0.25) is 0 Å². The number of hydrogen-bond acceptors (Lipinski definition) is 36. The van der Waals surface area contributed by atoms with Crippen molar-refractivity contribution in [1.82, 2.24) is 89.7 Å². The highest BCUT2D eigenvalue weighted by molar-refractivity contribution is 5.55. The standard InChI is InChI=1S/2C17H22N4O2.C16H22N4O2.2C15H20N4O2.C14H15N5O/c1-10(2)13-7-20-14(12-4-5-22-9-12)6-15(13)23-16-8-19-11(3)21-17(16)18;1-10(2)12-8-20-13(14-5-4-6-22-14)7-15(12)23-16-9-19-11(3)21-17(16)18;1-9(2)12-7-19-13(10(3)21-5)6-14(12)22-15-8-18-11(4)20-16(15)17;2*1-8(2)11-6-18-12(9(3)20)5-13(11)21-14-7-17-10(4)19-15(14)16;1-8(2)11-6-18-10(5-15)4-12(11)20-13-7-17-9(3)19-14(13)16/h6-8,10,12H,4-5,9H2,1-3H3,(H2,18,19,21);7-10,14H,4-6H2,1-3H3,(H2,18,19,21);6-10H,1-5H3,(H2,17,18,20);2*5-9,20H,1-4H3,(H2,16,17,19);4,6-8H,1-3H3,(H2,16,17,19)/t;;10-;2*9-;/m..010./s1. The predicted molar refractivity (Wildman–Crippen MR) is 495 cm³/mol. The number of aryl methyl sites for hydroxylation is 6. The van der Waals surface area contributed by atoms with E-state index in [1.165, 1.54) is 6.20 Å². The van der Waals surface area contributed by atoms with Gasteiger partial charge in [0.05, 0.1) is 91.0 Å². The van der Waals surface area contributed by atoms with E-state index in [9.17, 15) is 10.2 Å². The number of hydrogen-bond donors (Lipinski definition) is 8. The number of nitrogens with two attached hydrogens (primary N) is 6. The van der Waals surface area contributed by atoms with Gasteiger partial charge in [-0.3, -0.25) is 24.9 Å². The number of ether oxygens (including phenoxy) is 9. The van der Waals surface area contributed by atoms with Crippen LogP contribution in [-0.4, -0.2) is 127 Å². The van der Waals surface area contributed by atoms with Crippen molar-refractivity contribution in [1.29, 1.82) is 5.26 Å². The van der Waals surface area contributed by atoms with Crippen molar-refractivity contribution in [2.75, 3.05) is 61.3 Å². The van der Waals surface area contributed by atoms with Crippen LogP contribution in [0.15, 0.2) is 111 Å². The Bertz CT molecular complexity index is 5590. The van der Waals surface area contributed by atoms with E-state index in [0.29, 0.717) is 140 Å². The number of rotatable bonds is 24. The Labute approximate surface area is 759 Å². The van der Waals surface area contributed by atoms with Gasteiger partial charge in [-0.05, 0) is 117 Å². The van der Waals surface area contributed by atoms with Crippen LogP contribution in [0.5, 0.6) is 69.0 Å². The molecule has 0 aliphatic carbocycles. The number of nitrogen functional groups attached to an aromatic ring is 6. The maximum atomic E-state index is 9.67. The number of nitrogens with zero attached hydrogens (tertiary/aromatic N) is 19. The lowest BCUT2D eigenvalue weighted by atomic mass is 9.99. The predicted octanol–water partition coefficient (Wildman–Crippen LogP) is 18.1. The van der Waals surface area contributed by atoms with Crippen molar-refractivity contribution in [3.05, 3.63) is 213 Å². The summed E-state index contributed by atoms with van der Waals surface area (Å²) in [5.41, 5.74) is 45.2. The van der Waals surface area contributed by atoms with E-state index < -0.39 is 12.2 Å². The minimum absolute atomic E-state index is 0.0465. The lowest BCUT2D eigenvalue weighted by Gasteiger charge is -2.17. The molecular formula is C94H121N25O11. The van der Waals surface area contributed by atoms with E-state index in [1.807, 2.05) is 91.3 Å². The molecular weight excluding hydrogens is 1660 g/mol. The molecule has 2 aliphatic rings. The summed E-state index contributed by atoms with van der Waals surface area (Å²) in [7, 11) is 1.65. The van der Waals surface area contributed by atoms with Crippen molar-refractivity contribution in [3.63, 3.8) is 0 Å². The fourth-order valence-electron chi connectivity index (χ4n) is 12.8. The number of nitriles is 1. The SMILES string of the molecule is CO[C@@H](C)c1cc(Oc2cnc(C)nc2N)c(C(C)C)cn1.Cc1ncc(Oc2cc(C#N)ncc2C(C)C)c(N)n1.Cc1ncc(Oc2cc(C3CCCO3)ncc2C(C)C)c(N)n1.Cc1ncc(Oc2cc(C3CCOC3)ncc2C(C)C)c(N)n1.Cc1ncc(Oc2cc([C@@H](C)O)ncc2C(C)C)c(N)n1.Cc1ncc(Oc2cc([C@H](C)O)ncc2C(C)C)c(N)n1. The molecule has 36 nitrogen and oxygen atoms in total. The Hall–Kier alpha value is -13.7. The van der Waals surface area contributed by atoms with E-state index in [2.05, 4.69) is 131 Å². The highest BCUT2D eigenvalue weighted by Crippen LogP contribution is 2.42. The fourth-order valence-corrected chi connectivity index (χ4v) is 12.8. The quantitative estimate of drug-likeness (QED) is 0.0278. The van der Waals surface area contributed by atoms with Gasteiger partial charge in [-0.2, -0.15) is 5.26 Å². The van der Waals surface area contributed by atoms with Gasteiger partial charge in [0, 0.05) is 139 Å². The van der Waals surface area contributed by atoms with Crippen LogP contribution in [0, 0.1) is 52.9 Å². The first kappa shape index (κ1) is 100. The maximum absolute atomic E-state index is 9.67. The van der Waals surface area contributed by atoms with Crippen LogP contribution in [0.25, 0.3) is 0 Å². The smallest absolute Gasteiger partial charge is 0.187 e. The Kier molecular flexibility index (Phi) is 36.0. The number of aliphatic hydroxyl groups is 2. The topological polar surface area (TPSA) is 535 Å². The normalized spacial score (nSPS) is 14.0. The van der Waals surface area contributed by atoms with Crippen molar-refractivity contribution in [2.24, 2.45) is 0 Å². The summed E-state index contributed by atoms with van der Waals surface area (Å²) in [5.74, 6) is 13.7. The third kappa shape index (κ3) is 28.1. The van der Waals surface area contributed by atoms with Crippen molar-refractivity contribution in [3.8, 4) is 75.1 Å².